The van der Waals surface area contributed by atoms with Gasteiger partial charge in [-0.25, -0.2) is 4.79 Å². The first-order valence-corrected chi connectivity index (χ1v) is 5.48. The summed E-state index contributed by atoms with van der Waals surface area (Å²) < 4.78 is 5.07. The predicted octanol–water partition coefficient (Wildman–Crippen LogP) is 2.15. The Labute approximate surface area is 91.2 Å². The van der Waals surface area contributed by atoms with Crippen molar-refractivity contribution in [2.24, 2.45) is 0 Å². The van der Waals surface area contributed by atoms with E-state index in [9.17, 15) is 4.79 Å². The summed E-state index contributed by atoms with van der Waals surface area (Å²) in [6.45, 7) is 7.00. The van der Waals surface area contributed by atoms with Gasteiger partial charge in [-0.2, -0.15) is 0 Å². The van der Waals surface area contributed by atoms with Crippen LogP contribution < -0.4 is 5.32 Å². The molecule has 1 unspecified atom stereocenters. The highest BCUT2D eigenvalue weighted by Crippen LogP contribution is 2.18. The highest BCUT2D eigenvalue weighted by molar-refractivity contribution is 5.81. The van der Waals surface area contributed by atoms with Gasteiger partial charge in [-0.1, -0.05) is 32.4 Å². The molecule has 0 aromatic heterocycles. The van der Waals surface area contributed by atoms with Gasteiger partial charge in [-0.05, 0) is 18.9 Å². The Kier molecular flexibility index (Phi) is 5.12. The molecule has 3 heteroatoms. The zero-order valence-electron chi connectivity index (χ0n) is 9.08. The molecule has 1 N–H and O–H groups in total. The van der Waals surface area contributed by atoms with Gasteiger partial charge in [0, 0.05) is 12.1 Å². The van der Waals surface area contributed by atoms with Crippen LogP contribution in [0.3, 0.4) is 0 Å². The molecule has 0 saturated heterocycles. The molecule has 84 valence electrons. The van der Waals surface area contributed by atoms with Crippen LogP contribution >= 0.6 is 0 Å². The third kappa shape index (κ3) is 4.30. The summed E-state index contributed by atoms with van der Waals surface area (Å²) in [7, 11) is 0. The summed E-state index contributed by atoms with van der Waals surface area (Å²) in [6.07, 6.45) is 8.48. The molecule has 0 bridgehead atoms. The number of rotatable bonds is 5. The SMILES string of the molecule is C=CC(=O)OC(C=C)NC1CCCCC1. The minimum atomic E-state index is -0.414. The molecule has 15 heavy (non-hydrogen) atoms. The van der Waals surface area contributed by atoms with Crippen LogP contribution in [0.1, 0.15) is 32.1 Å². The third-order valence-corrected chi connectivity index (χ3v) is 2.63. The third-order valence-electron chi connectivity index (χ3n) is 2.63. The average Bonchev–Trinajstić information content (AvgIpc) is 2.29. The molecule has 0 aromatic rings. The highest BCUT2D eigenvalue weighted by atomic mass is 16.6. The van der Waals surface area contributed by atoms with Crippen LogP contribution in [-0.4, -0.2) is 18.2 Å². The molecule has 0 aromatic carbocycles. The fourth-order valence-electron chi connectivity index (χ4n) is 1.82. The normalized spacial score (nSPS) is 19.2. The Balaban J connectivity index is 2.34. The van der Waals surface area contributed by atoms with Crippen LogP contribution in [0.4, 0.5) is 0 Å². The molecule has 0 radical (unpaired) electrons. The van der Waals surface area contributed by atoms with E-state index < -0.39 is 12.2 Å². The first-order chi connectivity index (χ1) is 7.26. The van der Waals surface area contributed by atoms with Gasteiger partial charge >= 0.3 is 5.97 Å². The molecule has 1 aliphatic carbocycles. The first-order valence-electron chi connectivity index (χ1n) is 5.48. The van der Waals surface area contributed by atoms with Crippen molar-refractivity contribution in [2.45, 2.75) is 44.4 Å². The van der Waals surface area contributed by atoms with E-state index >= 15 is 0 Å². The zero-order valence-corrected chi connectivity index (χ0v) is 9.08. The monoisotopic (exact) mass is 209 g/mol. The van der Waals surface area contributed by atoms with E-state index in [4.69, 9.17) is 4.74 Å². The summed E-state index contributed by atoms with van der Waals surface area (Å²) in [5.74, 6) is -0.414. The second-order valence-electron chi connectivity index (χ2n) is 3.80. The van der Waals surface area contributed by atoms with Crippen molar-refractivity contribution < 1.29 is 9.53 Å². The smallest absolute Gasteiger partial charge is 0.331 e. The van der Waals surface area contributed by atoms with Crippen molar-refractivity contribution >= 4 is 5.97 Å². The van der Waals surface area contributed by atoms with E-state index in [1.165, 1.54) is 25.3 Å². The topological polar surface area (TPSA) is 38.3 Å². The largest absolute Gasteiger partial charge is 0.440 e. The van der Waals surface area contributed by atoms with E-state index in [1.807, 2.05) is 0 Å². The van der Waals surface area contributed by atoms with Gasteiger partial charge in [0.1, 0.15) is 0 Å². The Bertz CT molecular complexity index is 232. The molecular formula is C12H19NO2. The Morgan fingerprint density at radius 3 is 2.53 bits per heavy atom. The molecule has 0 amide bonds. The summed E-state index contributed by atoms with van der Waals surface area (Å²) in [5.41, 5.74) is 0. The minimum absolute atomic E-state index is 0.390. The van der Waals surface area contributed by atoms with Gasteiger partial charge in [0.05, 0.1) is 0 Å². The Hall–Kier alpha value is -1.09. The standard InChI is InChI=1S/C12H19NO2/c1-3-11(15-12(14)4-2)13-10-8-6-5-7-9-10/h3-4,10-11,13H,1-2,5-9H2. The van der Waals surface area contributed by atoms with E-state index in [0.29, 0.717) is 6.04 Å². The van der Waals surface area contributed by atoms with Crippen LogP contribution in [0.25, 0.3) is 0 Å². The van der Waals surface area contributed by atoms with Crippen molar-refractivity contribution in [3.63, 3.8) is 0 Å². The zero-order chi connectivity index (χ0) is 11.1. The van der Waals surface area contributed by atoms with Crippen molar-refractivity contribution in [1.82, 2.24) is 5.32 Å². The number of nitrogens with one attached hydrogen (secondary N) is 1. The summed E-state index contributed by atoms with van der Waals surface area (Å²) in [5, 5.41) is 3.26. The van der Waals surface area contributed by atoms with Crippen LogP contribution in [0.5, 0.6) is 0 Å². The highest BCUT2D eigenvalue weighted by Gasteiger charge is 2.17. The molecular weight excluding hydrogens is 190 g/mol. The number of carbonyl (C=O) groups excluding carboxylic acids is 1. The average molecular weight is 209 g/mol. The molecule has 3 nitrogen and oxygen atoms in total. The molecule has 1 atom stereocenters. The molecule has 1 fully saturated rings. The summed E-state index contributed by atoms with van der Waals surface area (Å²) in [4.78, 5) is 11.0. The number of esters is 1. The maximum atomic E-state index is 11.0. The lowest BCUT2D eigenvalue weighted by atomic mass is 9.95. The van der Waals surface area contributed by atoms with E-state index in [-0.39, 0.29) is 0 Å². The maximum absolute atomic E-state index is 11.0. The molecule has 0 heterocycles. The fourth-order valence-corrected chi connectivity index (χ4v) is 1.82. The number of ether oxygens (including phenoxy) is 1. The van der Waals surface area contributed by atoms with E-state index in [0.717, 1.165) is 12.8 Å². The van der Waals surface area contributed by atoms with Crippen LogP contribution in [0.2, 0.25) is 0 Å². The lowest BCUT2D eigenvalue weighted by Crippen LogP contribution is -2.40. The van der Waals surface area contributed by atoms with Gasteiger partial charge in [0.25, 0.3) is 0 Å². The minimum Gasteiger partial charge on any atom is -0.440 e. The quantitative estimate of drug-likeness (QED) is 0.326. The van der Waals surface area contributed by atoms with Crippen molar-refractivity contribution in [3.05, 3.63) is 25.3 Å². The molecule has 1 saturated carbocycles. The van der Waals surface area contributed by atoms with Gasteiger partial charge in [-0.3, -0.25) is 5.32 Å². The number of hydrogen-bond acceptors (Lipinski definition) is 3. The lowest BCUT2D eigenvalue weighted by Gasteiger charge is -2.26. The lowest BCUT2D eigenvalue weighted by molar-refractivity contribution is -0.142. The van der Waals surface area contributed by atoms with Crippen molar-refractivity contribution in [1.29, 1.82) is 0 Å². The Morgan fingerprint density at radius 2 is 2.00 bits per heavy atom. The van der Waals surface area contributed by atoms with E-state index in [2.05, 4.69) is 18.5 Å². The predicted molar refractivity (Wildman–Crippen MR) is 60.3 cm³/mol. The Morgan fingerprint density at radius 1 is 1.33 bits per heavy atom. The molecule has 0 spiro atoms. The van der Waals surface area contributed by atoms with Gasteiger partial charge in [0.15, 0.2) is 6.23 Å². The van der Waals surface area contributed by atoms with E-state index in [1.54, 1.807) is 6.08 Å². The van der Waals surface area contributed by atoms with Crippen LogP contribution in [0.15, 0.2) is 25.3 Å². The first kappa shape index (κ1) is 12.0. The molecule has 1 aliphatic rings. The van der Waals surface area contributed by atoms with Crippen molar-refractivity contribution in [2.75, 3.05) is 0 Å². The molecule has 0 aliphatic heterocycles. The van der Waals surface area contributed by atoms with Crippen molar-refractivity contribution in [3.8, 4) is 0 Å². The van der Waals surface area contributed by atoms with Gasteiger partial charge in [0.2, 0.25) is 0 Å². The second kappa shape index (κ2) is 6.40. The maximum Gasteiger partial charge on any atom is 0.331 e. The fraction of sp³-hybridized carbons (Fsp3) is 0.583. The van der Waals surface area contributed by atoms with Crippen LogP contribution in [-0.2, 0) is 9.53 Å². The summed E-state index contributed by atoms with van der Waals surface area (Å²) in [6, 6.07) is 0.444. The van der Waals surface area contributed by atoms with Crippen LogP contribution in [0, 0.1) is 0 Å². The summed E-state index contributed by atoms with van der Waals surface area (Å²) >= 11 is 0. The van der Waals surface area contributed by atoms with Gasteiger partial charge in [-0.15, -0.1) is 0 Å². The number of hydrogen-bond donors (Lipinski definition) is 1. The molecule has 1 rings (SSSR count). The second-order valence-corrected chi connectivity index (χ2v) is 3.80. The number of carbonyl (C=O) groups is 1. The van der Waals surface area contributed by atoms with Gasteiger partial charge < -0.3 is 4.74 Å².